The molecule has 196 valence electrons. The lowest BCUT2D eigenvalue weighted by molar-refractivity contribution is -0.144. The van der Waals surface area contributed by atoms with Gasteiger partial charge in [0.1, 0.15) is 23.7 Å². The molecule has 0 spiro atoms. The second-order valence-electron chi connectivity index (χ2n) is 8.49. The van der Waals surface area contributed by atoms with Crippen LogP contribution in [0.15, 0.2) is 41.2 Å². The van der Waals surface area contributed by atoms with E-state index >= 15 is 4.39 Å². The maximum Gasteiger partial charge on any atom is 0.290 e. The van der Waals surface area contributed by atoms with Crippen molar-refractivity contribution >= 4 is 34.9 Å². The maximum atomic E-state index is 15.2. The molecule has 13 heteroatoms. The summed E-state index contributed by atoms with van der Waals surface area (Å²) in [7, 11) is 0. The zero-order chi connectivity index (χ0) is 26.7. The Morgan fingerprint density at radius 2 is 2.00 bits per heavy atom. The molecule has 37 heavy (non-hydrogen) atoms. The smallest absolute Gasteiger partial charge is 0.290 e. The molecule has 1 fully saturated rings. The Balaban J connectivity index is 1.52. The van der Waals surface area contributed by atoms with E-state index in [2.05, 4.69) is 15.5 Å². The van der Waals surface area contributed by atoms with Gasteiger partial charge in [0.05, 0.1) is 30.1 Å². The van der Waals surface area contributed by atoms with Gasteiger partial charge in [-0.3, -0.25) is 14.6 Å². The number of hydrogen-bond acceptors (Lipinski definition) is 7. The summed E-state index contributed by atoms with van der Waals surface area (Å²) in [4.78, 5) is 29.6. The third-order valence-corrected chi connectivity index (χ3v) is 6.25. The van der Waals surface area contributed by atoms with E-state index in [9.17, 15) is 18.4 Å². The van der Waals surface area contributed by atoms with Gasteiger partial charge >= 0.3 is 0 Å². The lowest BCUT2D eigenvalue weighted by Crippen LogP contribution is -2.67. The number of ether oxygens (including phenoxy) is 2. The molecule has 2 aromatic heterocycles. The molecule has 0 saturated carbocycles. The predicted octanol–water partition coefficient (Wildman–Crippen LogP) is 5.09. The van der Waals surface area contributed by atoms with Gasteiger partial charge in [-0.2, -0.15) is 0 Å². The molecule has 0 radical (unpaired) electrons. The number of rotatable bonds is 10. The zero-order valence-corrected chi connectivity index (χ0v) is 20.8. The van der Waals surface area contributed by atoms with Crippen molar-refractivity contribution in [3.63, 3.8) is 0 Å². The summed E-state index contributed by atoms with van der Waals surface area (Å²) in [6.45, 7) is 0.621. The molecule has 1 aliphatic heterocycles. The Morgan fingerprint density at radius 1 is 1.24 bits per heavy atom. The molecule has 0 unspecified atom stereocenters. The number of benzene rings is 1. The lowest BCUT2D eigenvalue weighted by atomic mass is 9.85. The minimum Gasteiger partial charge on any atom is -0.485 e. The van der Waals surface area contributed by atoms with Gasteiger partial charge in [-0.05, 0) is 18.2 Å². The maximum absolute atomic E-state index is 15.2. The summed E-state index contributed by atoms with van der Waals surface area (Å²) in [5.41, 5.74) is -0.905. The van der Waals surface area contributed by atoms with Crippen molar-refractivity contribution in [2.75, 3.05) is 19.8 Å². The van der Waals surface area contributed by atoms with Crippen LogP contribution in [0.1, 0.15) is 35.5 Å². The van der Waals surface area contributed by atoms with Crippen LogP contribution in [0, 0.1) is 5.82 Å². The number of amides is 1. The molecule has 0 bridgehead atoms. The van der Waals surface area contributed by atoms with Gasteiger partial charge in [0.15, 0.2) is 5.78 Å². The number of aromatic nitrogens is 2. The lowest BCUT2D eigenvalue weighted by Gasteiger charge is -2.40. The number of carbonyl (C=O) groups is 2. The van der Waals surface area contributed by atoms with Crippen molar-refractivity contribution in [2.45, 2.75) is 31.2 Å². The van der Waals surface area contributed by atoms with Gasteiger partial charge < -0.3 is 19.3 Å². The summed E-state index contributed by atoms with van der Waals surface area (Å²) >= 11 is 12.2. The molecule has 1 amide bonds. The number of pyridine rings is 1. The molecule has 4 rings (SSSR count). The molecule has 1 N–H and O–H groups in total. The van der Waals surface area contributed by atoms with Gasteiger partial charge in [0.2, 0.25) is 5.76 Å². The summed E-state index contributed by atoms with van der Waals surface area (Å²) in [6, 6.07) is 5.21. The number of nitrogens with one attached hydrogen (secondary N) is 1. The standard InChI is InChI=1S/C24H20Cl2F3N3O5/c1-12(4-19(33)24(10-35-11-24)32-23(34)18-2-3-31-37-18)21-17(27)5-13(8-30-21)15-6-14(25)7-16(26)22(15)36-9-20(28)29/h2-3,5-8,12,20H,4,9-11H2,1H3,(H,32,34)/t12-/m0/s1. The number of halogens is 5. The van der Waals surface area contributed by atoms with E-state index < -0.39 is 36.2 Å². The first-order chi connectivity index (χ1) is 17.6. The van der Waals surface area contributed by atoms with Gasteiger partial charge in [0.25, 0.3) is 12.3 Å². The first-order valence-electron chi connectivity index (χ1n) is 11.0. The average molecular weight is 558 g/mol. The molecule has 1 aliphatic rings. The predicted molar refractivity (Wildman–Crippen MR) is 127 cm³/mol. The van der Waals surface area contributed by atoms with Crippen LogP contribution in [0.3, 0.4) is 0 Å². The first kappa shape index (κ1) is 26.9. The molecule has 1 atom stereocenters. The Kier molecular flexibility index (Phi) is 8.05. The summed E-state index contributed by atoms with van der Waals surface area (Å²) in [6.07, 6.45) is -0.286. The second kappa shape index (κ2) is 11.1. The van der Waals surface area contributed by atoms with Crippen LogP contribution in [0.4, 0.5) is 13.2 Å². The zero-order valence-electron chi connectivity index (χ0n) is 19.3. The molecule has 0 aliphatic carbocycles. The van der Waals surface area contributed by atoms with Crippen LogP contribution in [0.25, 0.3) is 11.1 Å². The van der Waals surface area contributed by atoms with Gasteiger partial charge in [-0.25, -0.2) is 13.2 Å². The Morgan fingerprint density at radius 3 is 2.59 bits per heavy atom. The number of ketones is 1. The van der Waals surface area contributed by atoms with Crippen LogP contribution < -0.4 is 10.1 Å². The Bertz CT molecular complexity index is 1300. The summed E-state index contributed by atoms with van der Waals surface area (Å²) in [5.74, 6) is -2.54. The van der Waals surface area contributed by atoms with Crippen LogP contribution >= 0.6 is 23.2 Å². The fraction of sp³-hybridized carbons (Fsp3) is 0.333. The molecule has 1 saturated heterocycles. The number of alkyl halides is 2. The van der Waals surface area contributed by atoms with Crippen molar-refractivity contribution in [1.82, 2.24) is 15.5 Å². The van der Waals surface area contributed by atoms with Crippen LogP contribution in [0.5, 0.6) is 5.75 Å². The highest BCUT2D eigenvalue weighted by molar-refractivity contribution is 6.36. The van der Waals surface area contributed by atoms with Crippen molar-refractivity contribution in [1.29, 1.82) is 0 Å². The minimum absolute atomic E-state index is 0.00257. The normalized spacial score (nSPS) is 15.2. The molecule has 3 aromatic rings. The van der Waals surface area contributed by atoms with Crippen LogP contribution in [0.2, 0.25) is 10.0 Å². The van der Waals surface area contributed by atoms with Crippen molar-refractivity contribution in [3.05, 3.63) is 64.0 Å². The largest absolute Gasteiger partial charge is 0.485 e. The van der Waals surface area contributed by atoms with E-state index in [1.807, 2.05) is 0 Å². The number of Topliss-reactive ketones (excluding diaryl/α,β-unsaturated/α-hetero) is 1. The third kappa shape index (κ3) is 5.89. The fourth-order valence-corrected chi connectivity index (χ4v) is 4.37. The summed E-state index contributed by atoms with van der Waals surface area (Å²) in [5, 5.41) is 6.25. The highest BCUT2D eigenvalue weighted by Gasteiger charge is 2.47. The monoisotopic (exact) mass is 557 g/mol. The Labute approximate surface area is 219 Å². The molecule has 1 aromatic carbocycles. The number of hydrogen-bond donors (Lipinski definition) is 1. The molecular formula is C24H20Cl2F3N3O5. The van der Waals surface area contributed by atoms with Crippen molar-refractivity contribution in [2.24, 2.45) is 0 Å². The SMILES string of the molecule is C[C@@H](CC(=O)C1(NC(=O)c2ccno2)COC1)c1ncc(-c2cc(Cl)cc(Cl)c2OCC(F)F)cc1F. The first-order valence-corrected chi connectivity index (χ1v) is 11.8. The van der Waals surface area contributed by atoms with E-state index in [1.165, 1.54) is 30.6 Å². The quantitative estimate of drug-likeness (QED) is 0.370. The molecular weight excluding hydrogens is 538 g/mol. The minimum atomic E-state index is -2.75. The third-order valence-electron chi connectivity index (χ3n) is 5.75. The molecule has 8 nitrogen and oxygen atoms in total. The van der Waals surface area contributed by atoms with Crippen LogP contribution in [-0.2, 0) is 9.53 Å². The fourth-order valence-electron chi connectivity index (χ4n) is 3.82. The Hall–Kier alpha value is -3.15. The van der Waals surface area contributed by atoms with E-state index in [4.69, 9.17) is 37.2 Å². The van der Waals surface area contributed by atoms with Crippen molar-refractivity contribution < 1.29 is 36.8 Å². The molecule has 3 heterocycles. The van der Waals surface area contributed by atoms with Crippen LogP contribution in [-0.4, -0.2) is 53.6 Å². The number of carbonyl (C=O) groups excluding carboxylic acids is 2. The van der Waals surface area contributed by atoms with E-state index in [-0.39, 0.29) is 63.8 Å². The van der Waals surface area contributed by atoms with Gasteiger partial charge in [0, 0.05) is 40.8 Å². The van der Waals surface area contributed by atoms with Crippen molar-refractivity contribution in [3.8, 4) is 16.9 Å². The second-order valence-corrected chi connectivity index (χ2v) is 9.34. The summed E-state index contributed by atoms with van der Waals surface area (Å²) < 4.78 is 55.7. The van der Waals surface area contributed by atoms with E-state index in [0.717, 1.165) is 6.07 Å². The van der Waals surface area contributed by atoms with E-state index in [1.54, 1.807) is 6.92 Å². The average Bonchev–Trinajstić information content (AvgIpc) is 3.35. The topological polar surface area (TPSA) is 104 Å². The highest BCUT2D eigenvalue weighted by Crippen LogP contribution is 2.40. The number of nitrogens with zero attached hydrogens (tertiary/aromatic N) is 2. The van der Waals surface area contributed by atoms with E-state index in [0.29, 0.717) is 0 Å². The van der Waals surface area contributed by atoms with Gasteiger partial charge in [-0.15, -0.1) is 0 Å². The van der Waals surface area contributed by atoms with Gasteiger partial charge in [-0.1, -0.05) is 35.3 Å². The highest BCUT2D eigenvalue weighted by atomic mass is 35.5.